The summed E-state index contributed by atoms with van der Waals surface area (Å²) < 4.78 is 5.09. The van der Waals surface area contributed by atoms with Crippen LogP contribution in [0, 0.1) is 0 Å². The molecule has 2 amide bonds. The van der Waals surface area contributed by atoms with Gasteiger partial charge in [0.25, 0.3) is 0 Å². The minimum Gasteiger partial charge on any atom is -0.497 e. The first-order valence-electron chi connectivity index (χ1n) is 7.73. The summed E-state index contributed by atoms with van der Waals surface area (Å²) in [5.74, 6) is 1.06. The number of nitrogens with one attached hydrogen (secondary N) is 3. The van der Waals surface area contributed by atoms with Crippen LogP contribution >= 0.6 is 0 Å². The summed E-state index contributed by atoms with van der Waals surface area (Å²) >= 11 is 0. The molecule has 0 aliphatic carbocycles. The molecular weight excluding hydrogens is 320 g/mol. The summed E-state index contributed by atoms with van der Waals surface area (Å²) in [6.07, 6.45) is 0. The van der Waals surface area contributed by atoms with E-state index in [-0.39, 0.29) is 11.8 Å². The SMILES string of the molecule is COc1ccc(CNC(=O)Nc2nc3ccc(C(C)=O)cc3[nH]2)cc1. The van der Waals surface area contributed by atoms with Gasteiger partial charge in [-0.3, -0.25) is 10.1 Å². The summed E-state index contributed by atoms with van der Waals surface area (Å²) in [6.45, 7) is 1.88. The number of imidazole rings is 1. The molecule has 0 bridgehead atoms. The number of amides is 2. The van der Waals surface area contributed by atoms with Gasteiger partial charge in [0, 0.05) is 12.1 Å². The van der Waals surface area contributed by atoms with Gasteiger partial charge in [-0.1, -0.05) is 12.1 Å². The highest BCUT2D eigenvalue weighted by atomic mass is 16.5. The van der Waals surface area contributed by atoms with E-state index in [4.69, 9.17) is 4.74 Å². The zero-order valence-corrected chi connectivity index (χ0v) is 13.9. The van der Waals surface area contributed by atoms with Gasteiger partial charge in [-0.2, -0.15) is 0 Å². The summed E-state index contributed by atoms with van der Waals surface area (Å²) in [6, 6.07) is 12.2. The Morgan fingerprint density at radius 2 is 1.92 bits per heavy atom. The number of nitrogens with zero attached hydrogens (tertiary/aromatic N) is 1. The number of methoxy groups -OCH3 is 1. The van der Waals surface area contributed by atoms with Crippen LogP contribution in [0.2, 0.25) is 0 Å². The zero-order valence-electron chi connectivity index (χ0n) is 13.9. The summed E-state index contributed by atoms with van der Waals surface area (Å²) in [4.78, 5) is 30.7. The van der Waals surface area contributed by atoms with Crippen molar-refractivity contribution in [3.05, 3.63) is 53.6 Å². The van der Waals surface area contributed by atoms with Gasteiger partial charge in [-0.15, -0.1) is 0 Å². The molecule has 3 rings (SSSR count). The molecule has 2 aromatic carbocycles. The molecule has 7 heteroatoms. The average Bonchev–Trinajstić information content (AvgIpc) is 3.01. The Morgan fingerprint density at radius 3 is 2.60 bits per heavy atom. The first kappa shape index (κ1) is 16.5. The van der Waals surface area contributed by atoms with Gasteiger partial charge < -0.3 is 15.0 Å². The van der Waals surface area contributed by atoms with E-state index >= 15 is 0 Å². The van der Waals surface area contributed by atoms with E-state index in [2.05, 4.69) is 20.6 Å². The molecule has 25 heavy (non-hydrogen) atoms. The van der Waals surface area contributed by atoms with Gasteiger partial charge in [-0.05, 0) is 42.8 Å². The van der Waals surface area contributed by atoms with E-state index in [0.717, 1.165) is 11.3 Å². The van der Waals surface area contributed by atoms with Crippen LogP contribution in [0.4, 0.5) is 10.7 Å². The van der Waals surface area contributed by atoms with Crippen LogP contribution in [0.5, 0.6) is 5.75 Å². The molecule has 0 atom stereocenters. The Labute approximate surface area is 144 Å². The number of carbonyl (C=O) groups is 2. The Kier molecular flexibility index (Phi) is 4.65. The first-order chi connectivity index (χ1) is 12.0. The molecule has 1 heterocycles. The van der Waals surface area contributed by atoms with E-state index in [1.807, 2.05) is 24.3 Å². The molecule has 0 unspecified atom stereocenters. The van der Waals surface area contributed by atoms with Crippen molar-refractivity contribution >= 4 is 28.8 Å². The molecule has 7 nitrogen and oxygen atoms in total. The van der Waals surface area contributed by atoms with Crippen molar-refractivity contribution < 1.29 is 14.3 Å². The lowest BCUT2D eigenvalue weighted by Gasteiger charge is -2.06. The third-order valence-electron chi connectivity index (χ3n) is 3.73. The normalized spacial score (nSPS) is 10.5. The zero-order chi connectivity index (χ0) is 17.8. The second-order valence-electron chi connectivity index (χ2n) is 5.53. The molecule has 0 aliphatic heterocycles. The maximum absolute atomic E-state index is 12.0. The van der Waals surface area contributed by atoms with Gasteiger partial charge >= 0.3 is 6.03 Å². The van der Waals surface area contributed by atoms with E-state index in [1.54, 1.807) is 25.3 Å². The first-order valence-corrected chi connectivity index (χ1v) is 7.73. The lowest BCUT2D eigenvalue weighted by Crippen LogP contribution is -2.28. The van der Waals surface area contributed by atoms with E-state index in [9.17, 15) is 9.59 Å². The van der Waals surface area contributed by atoms with Gasteiger partial charge in [0.05, 0.1) is 18.1 Å². The second-order valence-corrected chi connectivity index (χ2v) is 5.53. The van der Waals surface area contributed by atoms with Gasteiger partial charge in [0.1, 0.15) is 5.75 Å². The maximum atomic E-state index is 12.0. The molecule has 0 saturated carbocycles. The third-order valence-corrected chi connectivity index (χ3v) is 3.73. The summed E-state index contributed by atoms with van der Waals surface area (Å²) in [5.41, 5.74) is 2.91. The number of aromatic nitrogens is 2. The highest BCUT2D eigenvalue weighted by molar-refractivity contribution is 5.98. The highest BCUT2D eigenvalue weighted by Gasteiger charge is 2.08. The van der Waals surface area contributed by atoms with E-state index < -0.39 is 0 Å². The highest BCUT2D eigenvalue weighted by Crippen LogP contribution is 2.16. The average molecular weight is 338 g/mol. The van der Waals surface area contributed by atoms with Crippen LogP contribution in [0.15, 0.2) is 42.5 Å². The molecule has 0 spiro atoms. The van der Waals surface area contributed by atoms with Crippen molar-refractivity contribution in [2.24, 2.45) is 0 Å². The number of aromatic amines is 1. The van der Waals surface area contributed by atoms with Gasteiger partial charge in [0.2, 0.25) is 5.95 Å². The van der Waals surface area contributed by atoms with Crippen LogP contribution in [0.25, 0.3) is 11.0 Å². The molecule has 3 aromatic rings. The molecule has 0 saturated heterocycles. The largest absolute Gasteiger partial charge is 0.497 e. The molecule has 3 N–H and O–H groups in total. The fourth-order valence-electron chi connectivity index (χ4n) is 2.37. The summed E-state index contributed by atoms with van der Waals surface area (Å²) in [5, 5.41) is 5.40. The van der Waals surface area contributed by atoms with Crippen LogP contribution in [-0.2, 0) is 6.54 Å². The molecule has 0 radical (unpaired) electrons. The number of benzene rings is 2. The van der Waals surface area contributed by atoms with E-state index in [0.29, 0.717) is 29.1 Å². The van der Waals surface area contributed by atoms with Crippen molar-refractivity contribution in [3.8, 4) is 5.75 Å². The minimum absolute atomic E-state index is 0.0248. The lowest BCUT2D eigenvalue weighted by molar-refractivity contribution is 0.101. The van der Waals surface area contributed by atoms with Crippen molar-refractivity contribution in [1.82, 2.24) is 15.3 Å². The molecule has 128 valence electrons. The smallest absolute Gasteiger partial charge is 0.321 e. The molecule has 1 aromatic heterocycles. The predicted octanol–water partition coefficient (Wildman–Crippen LogP) is 3.10. The van der Waals surface area contributed by atoms with Crippen molar-refractivity contribution in [3.63, 3.8) is 0 Å². The fourth-order valence-corrected chi connectivity index (χ4v) is 2.37. The van der Waals surface area contributed by atoms with E-state index in [1.165, 1.54) is 6.92 Å². The maximum Gasteiger partial charge on any atom is 0.321 e. The van der Waals surface area contributed by atoms with Crippen LogP contribution in [0.3, 0.4) is 0 Å². The number of ether oxygens (including phenoxy) is 1. The minimum atomic E-state index is -0.373. The number of hydrogen-bond donors (Lipinski definition) is 3. The Morgan fingerprint density at radius 1 is 1.16 bits per heavy atom. The Bertz CT molecular complexity index is 916. The number of urea groups is 1. The lowest BCUT2D eigenvalue weighted by atomic mass is 10.1. The number of anilines is 1. The number of fused-ring (bicyclic) bond motifs is 1. The van der Waals surface area contributed by atoms with Crippen LogP contribution in [0.1, 0.15) is 22.8 Å². The number of ketones is 1. The monoisotopic (exact) mass is 338 g/mol. The Balaban J connectivity index is 1.62. The third kappa shape index (κ3) is 3.95. The number of hydrogen-bond acceptors (Lipinski definition) is 4. The fraction of sp³-hybridized carbons (Fsp3) is 0.167. The number of carbonyl (C=O) groups excluding carboxylic acids is 2. The summed E-state index contributed by atoms with van der Waals surface area (Å²) in [7, 11) is 1.60. The topological polar surface area (TPSA) is 96.1 Å². The van der Waals surface area contributed by atoms with Crippen LogP contribution in [-0.4, -0.2) is 28.9 Å². The quantitative estimate of drug-likeness (QED) is 0.623. The predicted molar refractivity (Wildman–Crippen MR) is 95.0 cm³/mol. The molecular formula is C18H18N4O3. The van der Waals surface area contributed by atoms with Gasteiger partial charge in [0.15, 0.2) is 5.78 Å². The standard InChI is InChI=1S/C18H18N4O3/c1-11(23)13-5-8-15-16(9-13)21-17(20-15)22-18(24)19-10-12-3-6-14(25-2)7-4-12/h3-9H,10H2,1-2H3,(H3,19,20,21,22,24). The Hall–Kier alpha value is -3.35. The molecule has 0 aliphatic rings. The second kappa shape index (κ2) is 7.04. The van der Waals surface area contributed by atoms with Crippen molar-refractivity contribution in [2.75, 3.05) is 12.4 Å². The number of Topliss-reactive ketones (excluding diaryl/α,β-unsaturated/α-hetero) is 1. The number of H-pyrrole nitrogens is 1. The van der Waals surface area contributed by atoms with Crippen molar-refractivity contribution in [1.29, 1.82) is 0 Å². The molecule has 0 fully saturated rings. The number of rotatable bonds is 5. The van der Waals surface area contributed by atoms with Crippen LogP contribution < -0.4 is 15.4 Å². The van der Waals surface area contributed by atoms with Crippen molar-refractivity contribution in [2.45, 2.75) is 13.5 Å². The van der Waals surface area contributed by atoms with Gasteiger partial charge in [-0.25, -0.2) is 9.78 Å².